The summed E-state index contributed by atoms with van der Waals surface area (Å²) in [5.41, 5.74) is 6.64. The topological polar surface area (TPSA) is 84.0 Å². The average molecular weight is 256 g/mol. The molecule has 1 saturated heterocycles. The zero-order chi connectivity index (χ0) is 12.3. The molecule has 1 aliphatic heterocycles. The highest BCUT2D eigenvalue weighted by atomic mass is 32.1. The molecule has 1 aromatic rings. The van der Waals surface area contributed by atoms with Gasteiger partial charge in [0.2, 0.25) is 0 Å². The first-order valence-electron chi connectivity index (χ1n) is 5.53. The largest absolute Gasteiger partial charge is 0.409 e. The fraction of sp³-hybridized carbons (Fsp3) is 0.600. The fourth-order valence-corrected chi connectivity index (χ4v) is 2.62. The van der Waals surface area contributed by atoms with Crippen molar-refractivity contribution in [3.63, 3.8) is 0 Å². The number of nitrogens with zero attached hydrogens (tertiary/aromatic N) is 3. The Morgan fingerprint density at radius 1 is 1.82 bits per heavy atom. The van der Waals surface area contributed by atoms with Crippen LogP contribution in [0.1, 0.15) is 12.6 Å². The van der Waals surface area contributed by atoms with Crippen LogP contribution in [0.2, 0.25) is 0 Å². The summed E-state index contributed by atoms with van der Waals surface area (Å²) in [4.78, 5) is 6.62. The minimum absolute atomic E-state index is 0.113. The molecule has 2 rings (SSSR count). The van der Waals surface area contributed by atoms with Crippen LogP contribution in [0.3, 0.4) is 0 Å². The second kappa shape index (κ2) is 5.33. The summed E-state index contributed by atoms with van der Waals surface area (Å²) in [6.07, 6.45) is 0.576. The van der Waals surface area contributed by atoms with Crippen molar-refractivity contribution in [3.05, 3.63) is 11.1 Å². The Hall–Kier alpha value is -1.34. The number of thiazole rings is 1. The van der Waals surface area contributed by atoms with Crippen LogP contribution in [0.25, 0.3) is 0 Å². The fourth-order valence-electron chi connectivity index (χ4n) is 1.67. The van der Waals surface area contributed by atoms with Gasteiger partial charge in [-0.25, -0.2) is 4.98 Å². The van der Waals surface area contributed by atoms with Crippen molar-refractivity contribution in [1.82, 2.24) is 4.98 Å². The van der Waals surface area contributed by atoms with E-state index >= 15 is 0 Å². The van der Waals surface area contributed by atoms with Crippen LogP contribution in [-0.4, -0.2) is 41.8 Å². The Bertz CT molecular complexity index is 407. The Balaban J connectivity index is 2.06. The van der Waals surface area contributed by atoms with Crippen LogP contribution in [0.5, 0.6) is 0 Å². The number of morpholine rings is 1. The van der Waals surface area contributed by atoms with Crippen LogP contribution < -0.4 is 10.6 Å². The van der Waals surface area contributed by atoms with Gasteiger partial charge in [-0.15, -0.1) is 11.3 Å². The predicted octanol–water partition coefficient (Wildman–Crippen LogP) is 0.657. The minimum atomic E-state index is -0.359. The van der Waals surface area contributed by atoms with E-state index in [9.17, 15) is 0 Å². The van der Waals surface area contributed by atoms with Crippen molar-refractivity contribution in [2.45, 2.75) is 19.4 Å². The van der Waals surface area contributed by atoms with E-state index in [1.54, 1.807) is 11.3 Å². The lowest BCUT2D eigenvalue weighted by Gasteiger charge is -2.31. The number of nitrogens with two attached hydrogens (primary N) is 1. The van der Waals surface area contributed by atoms with Gasteiger partial charge in [-0.2, -0.15) is 0 Å². The standard InChI is InChI=1S/C10H16N4O2S/c1-2-7-6-17-10(12-7)14-3-4-16-8(5-14)9(11)13-15/h6,8,15H,2-5H2,1H3,(H2,11,13). The van der Waals surface area contributed by atoms with Gasteiger partial charge >= 0.3 is 0 Å². The SMILES string of the molecule is CCc1csc(N2CCOC(/C(N)=N/O)C2)n1. The van der Waals surface area contributed by atoms with Gasteiger partial charge in [0.1, 0.15) is 6.10 Å². The summed E-state index contributed by atoms with van der Waals surface area (Å²) < 4.78 is 5.43. The van der Waals surface area contributed by atoms with Crippen molar-refractivity contribution < 1.29 is 9.94 Å². The van der Waals surface area contributed by atoms with Crippen LogP contribution >= 0.6 is 11.3 Å². The van der Waals surface area contributed by atoms with Gasteiger partial charge in [-0.3, -0.25) is 0 Å². The lowest BCUT2D eigenvalue weighted by Crippen LogP contribution is -2.48. The number of anilines is 1. The van der Waals surface area contributed by atoms with Crippen LogP contribution in [0, 0.1) is 0 Å². The molecule has 1 aromatic heterocycles. The lowest BCUT2D eigenvalue weighted by molar-refractivity contribution is 0.0807. The number of aromatic nitrogens is 1. The van der Waals surface area contributed by atoms with E-state index in [1.807, 2.05) is 0 Å². The van der Waals surface area contributed by atoms with E-state index in [1.165, 1.54) is 0 Å². The second-order valence-electron chi connectivity index (χ2n) is 3.81. The van der Waals surface area contributed by atoms with Gasteiger partial charge in [0, 0.05) is 11.9 Å². The molecule has 0 aliphatic carbocycles. The highest BCUT2D eigenvalue weighted by Gasteiger charge is 2.25. The maximum absolute atomic E-state index is 8.64. The molecule has 0 saturated carbocycles. The highest BCUT2D eigenvalue weighted by Crippen LogP contribution is 2.22. The summed E-state index contributed by atoms with van der Waals surface area (Å²) in [7, 11) is 0. The number of rotatable bonds is 3. The van der Waals surface area contributed by atoms with Crippen molar-refractivity contribution >= 4 is 22.3 Å². The number of hydrogen-bond acceptors (Lipinski definition) is 6. The van der Waals surface area contributed by atoms with E-state index in [0.717, 1.165) is 23.8 Å². The Kier molecular flexibility index (Phi) is 3.80. The maximum Gasteiger partial charge on any atom is 0.185 e. The van der Waals surface area contributed by atoms with E-state index in [4.69, 9.17) is 15.7 Å². The normalized spacial score (nSPS) is 21.8. The van der Waals surface area contributed by atoms with Crippen LogP contribution in [0.15, 0.2) is 10.5 Å². The number of aryl methyl sites for hydroxylation is 1. The van der Waals surface area contributed by atoms with E-state index in [0.29, 0.717) is 13.2 Å². The van der Waals surface area contributed by atoms with Gasteiger partial charge in [0.15, 0.2) is 11.0 Å². The zero-order valence-electron chi connectivity index (χ0n) is 9.67. The number of hydrogen-bond donors (Lipinski definition) is 2. The third-order valence-corrected chi connectivity index (χ3v) is 3.63. The molecule has 6 nitrogen and oxygen atoms in total. The third-order valence-electron chi connectivity index (χ3n) is 2.68. The summed E-state index contributed by atoms with van der Waals surface area (Å²) in [6.45, 7) is 4.00. The highest BCUT2D eigenvalue weighted by molar-refractivity contribution is 7.13. The Morgan fingerprint density at radius 2 is 2.65 bits per heavy atom. The molecule has 2 heterocycles. The summed E-state index contributed by atoms with van der Waals surface area (Å²) in [5, 5.41) is 14.7. The van der Waals surface area contributed by atoms with Gasteiger partial charge in [-0.05, 0) is 6.42 Å². The second-order valence-corrected chi connectivity index (χ2v) is 4.64. The molecule has 1 fully saturated rings. The molecule has 1 unspecified atom stereocenters. The van der Waals surface area contributed by atoms with Crippen molar-refractivity contribution in [3.8, 4) is 0 Å². The van der Waals surface area contributed by atoms with E-state index < -0.39 is 0 Å². The first-order valence-corrected chi connectivity index (χ1v) is 6.41. The van der Waals surface area contributed by atoms with E-state index in [-0.39, 0.29) is 11.9 Å². The molecule has 0 radical (unpaired) electrons. The molecule has 1 atom stereocenters. The summed E-state index contributed by atoms with van der Waals surface area (Å²) >= 11 is 1.62. The van der Waals surface area contributed by atoms with Gasteiger partial charge in [-0.1, -0.05) is 12.1 Å². The molecule has 94 valence electrons. The zero-order valence-corrected chi connectivity index (χ0v) is 10.5. The van der Waals surface area contributed by atoms with E-state index in [2.05, 4.69) is 27.3 Å². The smallest absolute Gasteiger partial charge is 0.185 e. The minimum Gasteiger partial charge on any atom is -0.409 e. The first kappa shape index (κ1) is 12.1. The molecule has 7 heteroatoms. The van der Waals surface area contributed by atoms with Gasteiger partial charge < -0.3 is 20.6 Å². The summed E-state index contributed by atoms with van der Waals surface area (Å²) in [5.74, 6) is 0.113. The molecular formula is C10H16N4O2S. The third kappa shape index (κ3) is 2.67. The number of ether oxygens (including phenoxy) is 1. The molecule has 0 amide bonds. The molecule has 0 aromatic carbocycles. The Labute approximate surface area is 104 Å². The van der Waals surface area contributed by atoms with Crippen molar-refractivity contribution in [2.24, 2.45) is 10.9 Å². The first-order chi connectivity index (χ1) is 8.24. The van der Waals surface area contributed by atoms with Crippen molar-refractivity contribution in [2.75, 3.05) is 24.6 Å². The van der Waals surface area contributed by atoms with Gasteiger partial charge in [0.05, 0.1) is 18.8 Å². The molecule has 0 bridgehead atoms. The molecular weight excluding hydrogens is 240 g/mol. The molecule has 1 aliphatic rings. The van der Waals surface area contributed by atoms with Crippen LogP contribution in [0.4, 0.5) is 5.13 Å². The van der Waals surface area contributed by atoms with Crippen LogP contribution in [-0.2, 0) is 11.2 Å². The number of oxime groups is 1. The predicted molar refractivity (Wildman–Crippen MR) is 66.9 cm³/mol. The monoisotopic (exact) mass is 256 g/mol. The molecule has 0 spiro atoms. The van der Waals surface area contributed by atoms with Crippen molar-refractivity contribution in [1.29, 1.82) is 0 Å². The summed E-state index contributed by atoms with van der Waals surface area (Å²) in [6, 6.07) is 0. The Morgan fingerprint density at radius 3 is 3.29 bits per heavy atom. The average Bonchev–Trinajstić information content (AvgIpc) is 2.86. The molecule has 17 heavy (non-hydrogen) atoms. The quantitative estimate of drug-likeness (QED) is 0.359. The lowest BCUT2D eigenvalue weighted by atomic mass is 10.2. The maximum atomic E-state index is 8.64. The van der Waals surface area contributed by atoms with Gasteiger partial charge in [0.25, 0.3) is 0 Å². The number of amidine groups is 1. The molecule has 3 N–H and O–H groups in total.